The van der Waals surface area contributed by atoms with Crippen LogP contribution in [0.5, 0.6) is 5.75 Å². The Labute approximate surface area is 186 Å². The molecule has 1 aliphatic carbocycles. The van der Waals surface area contributed by atoms with Gasteiger partial charge in [-0.25, -0.2) is 4.68 Å². The van der Waals surface area contributed by atoms with E-state index in [2.05, 4.69) is 25.7 Å². The maximum atomic E-state index is 13.0. The maximum Gasteiger partial charge on any atom is 0.294 e. The first-order valence-electron chi connectivity index (χ1n) is 10.7. The number of methoxy groups -OCH3 is 1. The molecule has 168 valence electrons. The molecule has 10 heteroatoms. The van der Waals surface area contributed by atoms with Crippen LogP contribution in [0.15, 0.2) is 48.2 Å². The average molecular weight is 438 g/mol. The van der Waals surface area contributed by atoms with Gasteiger partial charge in [0.2, 0.25) is 11.7 Å². The molecule has 2 aromatic rings. The quantitative estimate of drug-likeness (QED) is 0.662. The van der Waals surface area contributed by atoms with E-state index in [0.29, 0.717) is 18.7 Å². The summed E-state index contributed by atoms with van der Waals surface area (Å²) < 4.78 is 6.60. The molecule has 0 saturated carbocycles. The largest absolute Gasteiger partial charge is 0.497 e. The molecule has 1 aromatic carbocycles. The lowest BCUT2D eigenvalue weighted by molar-refractivity contribution is -0.128. The summed E-state index contributed by atoms with van der Waals surface area (Å²) in [4.78, 5) is 27.5. The van der Waals surface area contributed by atoms with E-state index in [1.807, 2.05) is 30.3 Å². The summed E-state index contributed by atoms with van der Waals surface area (Å²) in [7, 11) is 1.60. The van der Waals surface area contributed by atoms with Crippen molar-refractivity contribution in [3.05, 3.63) is 59.6 Å². The van der Waals surface area contributed by atoms with Gasteiger partial charge in [-0.15, -0.1) is 5.10 Å². The lowest BCUT2D eigenvalue weighted by Gasteiger charge is -2.43. The lowest BCUT2D eigenvalue weighted by atomic mass is 9.85. The van der Waals surface area contributed by atoms with Gasteiger partial charge in [0, 0.05) is 12.1 Å². The van der Waals surface area contributed by atoms with Crippen molar-refractivity contribution in [1.29, 1.82) is 0 Å². The number of nitrogens with one attached hydrogen (secondary N) is 1. The number of aromatic nitrogens is 4. The van der Waals surface area contributed by atoms with Crippen LogP contribution in [0.25, 0.3) is 0 Å². The van der Waals surface area contributed by atoms with Crippen LogP contribution < -0.4 is 15.8 Å². The number of primary amides is 1. The van der Waals surface area contributed by atoms with Crippen molar-refractivity contribution in [2.45, 2.75) is 37.8 Å². The Hall–Kier alpha value is -3.53. The van der Waals surface area contributed by atoms with Gasteiger partial charge in [-0.1, -0.05) is 30.7 Å². The van der Waals surface area contributed by atoms with E-state index in [9.17, 15) is 9.59 Å². The Morgan fingerprint density at radius 3 is 2.62 bits per heavy atom. The Morgan fingerprint density at radius 1 is 1.19 bits per heavy atom. The van der Waals surface area contributed by atoms with Crippen LogP contribution in [0, 0.1) is 0 Å². The van der Waals surface area contributed by atoms with Crippen LogP contribution in [0.1, 0.15) is 41.9 Å². The Kier molecular flexibility index (Phi) is 6.31. The number of amides is 2. The number of benzene rings is 1. The van der Waals surface area contributed by atoms with Crippen molar-refractivity contribution in [3.63, 3.8) is 0 Å². The standard InChI is InChI=1S/C22H27N7O3/c1-32-18-9-7-16(8-10-18)15-29-19(25-26-27-29)20(30)24-17-6-5-11-22(14-17,21(23)31)28-12-3-2-4-13-28/h5-11H,2-4,12-15H2,1H3,(H2,23,31)(H,24,30). The minimum Gasteiger partial charge on any atom is -0.497 e. The minimum atomic E-state index is -0.938. The van der Waals surface area contributed by atoms with Gasteiger partial charge in [0.25, 0.3) is 5.91 Å². The van der Waals surface area contributed by atoms with E-state index in [-0.39, 0.29) is 5.82 Å². The van der Waals surface area contributed by atoms with Crippen molar-refractivity contribution in [3.8, 4) is 5.75 Å². The predicted molar refractivity (Wildman–Crippen MR) is 117 cm³/mol. The maximum absolute atomic E-state index is 13.0. The normalized spacial score (nSPS) is 21.1. The van der Waals surface area contributed by atoms with Crippen molar-refractivity contribution >= 4 is 11.8 Å². The summed E-state index contributed by atoms with van der Waals surface area (Å²) in [6.45, 7) is 1.93. The van der Waals surface area contributed by atoms with E-state index in [1.165, 1.54) is 4.68 Å². The monoisotopic (exact) mass is 437 g/mol. The van der Waals surface area contributed by atoms with Gasteiger partial charge in [0.05, 0.1) is 13.7 Å². The molecule has 4 rings (SSSR count). The van der Waals surface area contributed by atoms with Gasteiger partial charge in [0.15, 0.2) is 0 Å². The molecule has 10 nitrogen and oxygen atoms in total. The topological polar surface area (TPSA) is 128 Å². The lowest BCUT2D eigenvalue weighted by Crippen LogP contribution is -2.59. The molecule has 1 saturated heterocycles. The highest BCUT2D eigenvalue weighted by Crippen LogP contribution is 2.31. The number of likely N-dealkylation sites (tertiary alicyclic amines) is 1. The van der Waals surface area contributed by atoms with Crippen molar-refractivity contribution in [2.24, 2.45) is 5.73 Å². The van der Waals surface area contributed by atoms with Crippen molar-refractivity contribution < 1.29 is 14.3 Å². The van der Waals surface area contributed by atoms with E-state index in [1.54, 1.807) is 19.3 Å². The zero-order chi connectivity index (χ0) is 22.6. The molecule has 1 aliphatic heterocycles. The van der Waals surface area contributed by atoms with Gasteiger partial charge < -0.3 is 15.8 Å². The molecule has 1 fully saturated rings. The molecular weight excluding hydrogens is 410 g/mol. The molecule has 1 atom stereocenters. The SMILES string of the molecule is COc1ccc(Cn2nnnc2C(=O)NC2=CC=CC(C(N)=O)(N3CCCCC3)C2)cc1. The highest BCUT2D eigenvalue weighted by atomic mass is 16.5. The Morgan fingerprint density at radius 2 is 1.94 bits per heavy atom. The van der Waals surface area contributed by atoms with Gasteiger partial charge in [-0.2, -0.15) is 0 Å². The first-order chi connectivity index (χ1) is 15.5. The number of rotatable bonds is 7. The molecule has 0 spiro atoms. The summed E-state index contributed by atoms with van der Waals surface area (Å²) in [5, 5.41) is 14.4. The Bertz CT molecular complexity index is 1040. The highest BCUT2D eigenvalue weighted by molar-refractivity contribution is 5.92. The molecule has 1 aromatic heterocycles. The second-order valence-electron chi connectivity index (χ2n) is 8.03. The zero-order valence-electron chi connectivity index (χ0n) is 18.0. The van der Waals surface area contributed by atoms with Crippen molar-refractivity contribution in [1.82, 2.24) is 30.4 Å². The van der Waals surface area contributed by atoms with Gasteiger partial charge in [-0.05, 0) is 60.1 Å². The number of nitrogens with zero attached hydrogens (tertiary/aromatic N) is 5. The third kappa shape index (κ3) is 4.40. The molecule has 0 radical (unpaired) electrons. The molecule has 32 heavy (non-hydrogen) atoms. The third-order valence-corrected chi connectivity index (χ3v) is 5.98. The van der Waals surface area contributed by atoms with Crippen LogP contribution in [0.3, 0.4) is 0 Å². The molecule has 2 aliphatic rings. The number of piperidine rings is 1. The Balaban J connectivity index is 1.47. The number of allylic oxidation sites excluding steroid dienone is 2. The molecule has 2 heterocycles. The summed E-state index contributed by atoms with van der Waals surface area (Å²) >= 11 is 0. The summed E-state index contributed by atoms with van der Waals surface area (Å²) in [6.07, 6.45) is 8.88. The fraction of sp³-hybridized carbons (Fsp3) is 0.409. The van der Waals surface area contributed by atoms with Gasteiger partial charge >= 0.3 is 0 Å². The van der Waals surface area contributed by atoms with Crippen LogP contribution in [-0.2, 0) is 11.3 Å². The number of carbonyl (C=O) groups is 2. The molecule has 3 N–H and O–H groups in total. The number of hydrogen-bond acceptors (Lipinski definition) is 7. The minimum absolute atomic E-state index is 0.0823. The molecule has 0 bridgehead atoms. The second-order valence-corrected chi connectivity index (χ2v) is 8.03. The summed E-state index contributed by atoms with van der Waals surface area (Å²) in [5.74, 6) is -0.0341. The average Bonchev–Trinajstić information content (AvgIpc) is 3.28. The first kappa shape index (κ1) is 21.7. The van der Waals surface area contributed by atoms with Crippen LogP contribution in [0.2, 0.25) is 0 Å². The molecule has 2 amide bonds. The van der Waals surface area contributed by atoms with Crippen LogP contribution in [-0.4, -0.2) is 62.7 Å². The number of ether oxygens (including phenoxy) is 1. The number of nitrogens with two attached hydrogens (primary N) is 1. The van der Waals surface area contributed by atoms with E-state index < -0.39 is 17.4 Å². The fourth-order valence-electron chi connectivity index (χ4n) is 4.23. The van der Waals surface area contributed by atoms with Crippen LogP contribution in [0.4, 0.5) is 0 Å². The molecular formula is C22H27N7O3. The zero-order valence-corrected chi connectivity index (χ0v) is 18.0. The summed E-state index contributed by atoms with van der Waals surface area (Å²) in [5.41, 5.74) is 6.42. The van der Waals surface area contributed by atoms with E-state index in [4.69, 9.17) is 10.5 Å². The highest BCUT2D eigenvalue weighted by Gasteiger charge is 2.42. The number of hydrogen-bond donors (Lipinski definition) is 2. The van der Waals surface area contributed by atoms with Gasteiger partial charge in [-0.3, -0.25) is 14.5 Å². The summed E-state index contributed by atoms with van der Waals surface area (Å²) in [6, 6.07) is 7.44. The van der Waals surface area contributed by atoms with Crippen molar-refractivity contribution in [2.75, 3.05) is 20.2 Å². The van der Waals surface area contributed by atoms with Gasteiger partial charge in [0.1, 0.15) is 11.3 Å². The second kappa shape index (κ2) is 9.31. The predicted octanol–water partition coefficient (Wildman–Crippen LogP) is 1.01. The first-order valence-corrected chi connectivity index (χ1v) is 10.7. The smallest absolute Gasteiger partial charge is 0.294 e. The van der Waals surface area contributed by atoms with E-state index in [0.717, 1.165) is 43.7 Å². The number of carbonyl (C=O) groups excluding carboxylic acids is 2. The third-order valence-electron chi connectivity index (χ3n) is 5.98. The molecule has 1 unspecified atom stereocenters. The van der Waals surface area contributed by atoms with E-state index >= 15 is 0 Å². The van der Waals surface area contributed by atoms with Crippen LogP contribution >= 0.6 is 0 Å². The number of tetrazole rings is 1. The fourth-order valence-corrected chi connectivity index (χ4v) is 4.23.